The fourth-order valence-corrected chi connectivity index (χ4v) is 3.16. The smallest absolute Gasteiger partial charge is 0.250 e. The lowest BCUT2D eigenvalue weighted by Gasteiger charge is -2.32. The Hall–Kier alpha value is -1.05. The summed E-state index contributed by atoms with van der Waals surface area (Å²) in [6.45, 7) is 3.24. The zero-order chi connectivity index (χ0) is 9.76. The van der Waals surface area contributed by atoms with Crippen LogP contribution >= 0.6 is 0 Å². The molecule has 2 heteroatoms. The van der Waals surface area contributed by atoms with Crippen LogP contribution in [0.5, 0.6) is 0 Å². The first-order chi connectivity index (χ1) is 6.71. The van der Waals surface area contributed by atoms with E-state index in [-0.39, 0.29) is 5.56 Å². The minimum Gasteiger partial charge on any atom is -0.312 e. The van der Waals surface area contributed by atoms with Crippen LogP contribution in [0, 0.1) is 0 Å². The third kappa shape index (κ3) is 0.887. The van der Waals surface area contributed by atoms with Crippen molar-refractivity contribution in [2.24, 2.45) is 0 Å². The van der Waals surface area contributed by atoms with Gasteiger partial charge in [0.1, 0.15) is 0 Å². The van der Waals surface area contributed by atoms with Gasteiger partial charge in [-0.15, -0.1) is 0 Å². The Morgan fingerprint density at radius 3 is 3.07 bits per heavy atom. The topological polar surface area (TPSA) is 22.0 Å². The molecule has 2 heterocycles. The summed E-state index contributed by atoms with van der Waals surface area (Å²) in [5, 5.41) is 0. The molecule has 0 radical (unpaired) electrons. The minimum absolute atomic E-state index is 0.191. The third-order valence-corrected chi connectivity index (χ3v) is 3.90. The lowest BCUT2D eigenvalue weighted by atomic mass is 9.80. The molecule has 0 bridgehead atoms. The van der Waals surface area contributed by atoms with E-state index in [1.165, 1.54) is 24.1 Å². The second-order valence-electron chi connectivity index (χ2n) is 4.86. The largest absolute Gasteiger partial charge is 0.312 e. The Bertz CT molecular complexity index is 446. The van der Waals surface area contributed by atoms with E-state index in [1.54, 1.807) is 6.07 Å². The fourth-order valence-electron chi connectivity index (χ4n) is 3.16. The highest BCUT2D eigenvalue weighted by Crippen LogP contribution is 2.43. The maximum absolute atomic E-state index is 11.7. The van der Waals surface area contributed by atoms with Crippen molar-refractivity contribution in [3.63, 3.8) is 0 Å². The minimum atomic E-state index is 0.191. The second-order valence-corrected chi connectivity index (χ2v) is 4.86. The van der Waals surface area contributed by atoms with Gasteiger partial charge in [0.05, 0.1) is 0 Å². The van der Waals surface area contributed by atoms with Gasteiger partial charge in [-0.1, -0.05) is 13.0 Å². The molecule has 0 N–H and O–H groups in total. The second kappa shape index (κ2) is 2.50. The van der Waals surface area contributed by atoms with Gasteiger partial charge < -0.3 is 4.57 Å². The number of rotatable bonds is 0. The Morgan fingerprint density at radius 1 is 1.36 bits per heavy atom. The van der Waals surface area contributed by atoms with Gasteiger partial charge in [-0.2, -0.15) is 0 Å². The first-order valence-electron chi connectivity index (χ1n) is 5.44. The summed E-state index contributed by atoms with van der Waals surface area (Å²) in [6.07, 6.45) is 4.80. The molecule has 1 aromatic heterocycles. The number of hydrogen-bond acceptors (Lipinski definition) is 1. The molecule has 1 atom stereocenters. The molecule has 1 aliphatic heterocycles. The normalized spacial score (nSPS) is 28.9. The molecular formula is C12H15NO. The SMILES string of the molecule is CC12CCCn3c1c(ccc3=O)CC2. The van der Waals surface area contributed by atoms with Crippen molar-refractivity contribution in [1.82, 2.24) is 4.57 Å². The highest BCUT2D eigenvalue weighted by molar-refractivity contribution is 5.35. The first kappa shape index (κ1) is 8.27. The van der Waals surface area contributed by atoms with Gasteiger partial charge in [0.25, 0.3) is 5.56 Å². The average Bonchev–Trinajstić information content (AvgIpc) is 2.51. The maximum Gasteiger partial charge on any atom is 0.250 e. The molecule has 2 aliphatic rings. The average molecular weight is 189 g/mol. The van der Waals surface area contributed by atoms with E-state index >= 15 is 0 Å². The quantitative estimate of drug-likeness (QED) is 0.610. The van der Waals surface area contributed by atoms with E-state index < -0.39 is 0 Å². The molecule has 3 rings (SSSR count). The van der Waals surface area contributed by atoms with Gasteiger partial charge in [-0.3, -0.25) is 4.79 Å². The highest BCUT2D eigenvalue weighted by Gasteiger charge is 2.38. The molecule has 1 aliphatic carbocycles. The Balaban J connectivity index is 2.36. The van der Waals surface area contributed by atoms with Crippen LogP contribution in [0.1, 0.15) is 37.4 Å². The van der Waals surface area contributed by atoms with E-state index in [2.05, 4.69) is 6.92 Å². The summed E-state index contributed by atoms with van der Waals surface area (Å²) < 4.78 is 2.01. The third-order valence-electron chi connectivity index (χ3n) is 3.90. The van der Waals surface area contributed by atoms with Gasteiger partial charge in [0.15, 0.2) is 0 Å². The predicted molar refractivity (Wildman–Crippen MR) is 55.6 cm³/mol. The van der Waals surface area contributed by atoms with Crippen molar-refractivity contribution >= 4 is 0 Å². The molecular weight excluding hydrogens is 174 g/mol. The Kier molecular flexibility index (Phi) is 1.48. The number of aromatic nitrogens is 1. The first-order valence-corrected chi connectivity index (χ1v) is 5.44. The van der Waals surface area contributed by atoms with Crippen molar-refractivity contribution in [2.45, 2.75) is 44.6 Å². The summed E-state index contributed by atoms with van der Waals surface area (Å²) in [5.74, 6) is 0. The highest BCUT2D eigenvalue weighted by atomic mass is 16.1. The molecule has 0 amide bonds. The van der Waals surface area contributed by atoms with Crippen LogP contribution in [-0.2, 0) is 18.4 Å². The molecule has 0 saturated carbocycles. The Morgan fingerprint density at radius 2 is 2.21 bits per heavy atom. The van der Waals surface area contributed by atoms with Crippen LogP contribution in [0.15, 0.2) is 16.9 Å². The van der Waals surface area contributed by atoms with Crippen molar-refractivity contribution in [3.8, 4) is 0 Å². The van der Waals surface area contributed by atoms with E-state index in [4.69, 9.17) is 0 Å². The van der Waals surface area contributed by atoms with Gasteiger partial charge in [0, 0.05) is 23.7 Å². The monoisotopic (exact) mass is 189 g/mol. The van der Waals surface area contributed by atoms with E-state index in [1.807, 2.05) is 10.6 Å². The lowest BCUT2D eigenvalue weighted by Crippen LogP contribution is -2.35. The van der Waals surface area contributed by atoms with Crippen molar-refractivity contribution in [3.05, 3.63) is 33.7 Å². The molecule has 2 nitrogen and oxygen atoms in total. The summed E-state index contributed by atoms with van der Waals surface area (Å²) in [7, 11) is 0. The van der Waals surface area contributed by atoms with Gasteiger partial charge in [0.2, 0.25) is 0 Å². The molecule has 0 fully saturated rings. The summed E-state index contributed by atoms with van der Waals surface area (Å²) in [4.78, 5) is 11.7. The van der Waals surface area contributed by atoms with Crippen LogP contribution in [0.3, 0.4) is 0 Å². The molecule has 1 aromatic rings. The molecule has 74 valence electrons. The van der Waals surface area contributed by atoms with Crippen LogP contribution < -0.4 is 5.56 Å². The summed E-state index contributed by atoms with van der Waals surface area (Å²) in [6, 6.07) is 3.76. The van der Waals surface area contributed by atoms with Gasteiger partial charge >= 0.3 is 0 Å². The van der Waals surface area contributed by atoms with Crippen LogP contribution in [0.2, 0.25) is 0 Å². The fraction of sp³-hybridized carbons (Fsp3) is 0.583. The number of hydrogen-bond donors (Lipinski definition) is 0. The van der Waals surface area contributed by atoms with Gasteiger partial charge in [-0.05, 0) is 31.2 Å². The van der Waals surface area contributed by atoms with E-state index in [0.29, 0.717) is 5.41 Å². The molecule has 0 saturated heterocycles. The van der Waals surface area contributed by atoms with Crippen LogP contribution in [0.4, 0.5) is 0 Å². The Labute approximate surface area is 83.6 Å². The van der Waals surface area contributed by atoms with E-state index in [9.17, 15) is 4.79 Å². The predicted octanol–water partition coefficient (Wildman–Crippen LogP) is 1.85. The molecule has 14 heavy (non-hydrogen) atoms. The number of pyridine rings is 1. The maximum atomic E-state index is 11.7. The molecule has 0 aromatic carbocycles. The van der Waals surface area contributed by atoms with Crippen LogP contribution in [-0.4, -0.2) is 4.57 Å². The summed E-state index contributed by atoms with van der Waals surface area (Å²) >= 11 is 0. The number of nitrogens with zero attached hydrogens (tertiary/aromatic N) is 1. The lowest BCUT2D eigenvalue weighted by molar-refractivity contribution is 0.333. The molecule has 1 unspecified atom stereocenters. The number of aryl methyl sites for hydroxylation is 1. The van der Waals surface area contributed by atoms with Crippen LogP contribution in [0.25, 0.3) is 0 Å². The summed E-state index contributed by atoms with van der Waals surface area (Å²) in [5.41, 5.74) is 3.24. The zero-order valence-corrected chi connectivity index (χ0v) is 8.55. The standard InChI is InChI=1S/C12H15NO/c1-12-6-2-8-13-10(14)4-3-9(5-7-12)11(12)13/h3-4H,2,5-8H2,1H3. The van der Waals surface area contributed by atoms with Crippen molar-refractivity contribution < 1.29 is 0 Å². The molecule has 0 spiro atoms. The van der Waals surface area contributed by atoms with Gasteiger partial charge in [-0.25, -0.2) is 0 Å². The van der Waals surface area contributed by atoms with Crippen molar-refractivity contribution in [2.75, 3.05) is 0 Å². The zero-order valence-electron chi connectivity index (χ0n) is 8.55. The van der Waals surface area contributed by atoms with E-state index in [0.717, 1.165) is 19.4 Å². The van der Waals surface area contributed by atoms with Crippen molar-refractivity contribution in [1.29, 1.82) is 0 Å².